The second kappa shape index (κ2) is 5.70. The molecule has 1 amide bonds. The molecule has 0 saturated heterocycles. The SMILES string of the molecule is CC(C)(C)OC(=O)Nc1cc(CN)cc(C(F)(F)F)c1. The molecule has 1 rings (SSSR count). The Kier molecular flexibility index (Phi) is 4.65. The van der Waals surface area contributed by atoms with Gasteiger partial charge in [-0.3, -0.25) is 5.32 Å². The summed E-state index contributed by atoms with van der Waals surface area (Å²) < 4.78 is 43.1. The van der Waals surface area contributed by atoms with E-state index in [2.05, 4.69) is 5.32 Å². The molecule has 0 aromatic heterocycles. The van der Waals surface area contributed by atoms with Crippen molar-refractivity contribution in [2.75, 3.05) is 5.32 Å². The van der Waals surface area contributed by atoms with E-state index in [9.17, 15) is 18.0 Å². The van der Waals surface area contributed by atoms with E-state index < -0.39 is 23.4 Å². The number of ether oxygens (including phenoxy) is 1. The van der Waals surface area contributed by atoms with Gasteiger partial charge in [0.2, 0.25) is 0 Å². The van der Waals surface area contributed by atoms with Crippen molar-refractivity contribution in [3.8, 4) is 0 Å². The maximum atomic E-state index is 12.7. The number of alkyl halides is 3. The van der Waals surface area contributed by atoms with Crippen LogP contribution in [0.5, 0.6) is 0 Å². The van der Waals surface area contributed by atoms with Crippen LogP contribution >= 0.6 is 0 Å². The van der Waals surface area contributed by atoms with Crippen molar-refractivity contribution in [1.29, 1.82) is 0 Å². The van der Waals surface area contributed by atoms with Gasteiger partial charge in [0.1, 0.15) is 5.60 Å². The molecule has 0 aliphatic rings. The third-order valence-electron chi connectivity index (χ3n) is 2.20. The topological polar surface area (TPSA) is 64.3 Å². The smallest absolute Gasteiger partial charge is 0.416 e. The van der Waals surface area contributed by atoms with Crippen molar-refractivity contribution in [1.82, 2.24) is 0 Å². The molecule has 0 atom stereocenters. The summed E-state index contributed by atoms with van der Waals surface area (Å²) in [7, 11) is 0. The summed E-state index contributed by atoms with van der Waals surface area (Å²) in [5.74, 6) is 0. The van der Waals surface area contributed by atoms with Gasteiger partial charge in [-0.25, -0.2) is 4.79 Å². The average Bonchev–Trinajstić information content (AvgIpc) is 2.24. The molecule has 0 radical (unpaired) electrons. The molecule has 0 heterocycles. The summed E-state index contributed by atoms with van der Waals surface area (Å²) in [4.78, 5) is 11.5. The third kappa shape index (κ3) is 5.08. The molecule has 112 valence electrons. The molecule has 4 nitrogen and oxygen atoms in total. The Bertz CT molecular complexity index is 493. The first kappa shape index (κ1) is 16.3. The number of benzene rings is 1. The zero-order valence-corrected chi connectivity index (χ0v) is 11.5. The van der Waals surface area contributed by atoms with E-state index in [1.165, 1.54) is 6.07 Å². The Morgan fingerprint density at radius 1 is 1.25 bits per heavy atom. The summed E-state index contributed by atoms with van der Waals surface area (Å²) in [6, 6.07) is 3.16. The van der Waals surface area contributed by atoms with Crippen LogP contribution < -0.4 is 11.1 Å². The second-order valence-electron chi connectivity index (χ2n) is 5.25. The van der Waals surface area contributed by atoms with Crippen LogP contribution in [-0.4, -0.2) is 11.7 Å². The average molecular weight is 290 g/mol. The minimum Gasteiger partial charge on any atom is -0.444 e. The monoisotopic (exact) mass is 290 g/mol. The predicted octanol–water partition coefficient (Wildman–Crippen LogP) is 3.51. The summed E-state index contributed by atoms with van der Waals surface area (Å²) in [6.07, 6.45) is -5.32. The van der Waals surface area contributed by atoms with E-state index in [-0.39, 0.29) is 17.8 Å². The van der Waals surface area contributed by atoms with Crippen LogP contribution in [0.2, 0.25) is 0 Å². The number of halogens is 3. The zero-order valence-electron chi connectivity index (χ0n) is 11.5. The van der Waals surface area contributed by atoms with Crippen LogP contribution in [0.4, 0.5) is 23.7 Å². The van der Waals surface area contributed by atoms with Crippen LogP contribution in [0.15, 0.2) is 18.2 Å². The van der Waals surface area contributed by atoms with Gasteiger partial charge in [0.25, 0.3) is 0 Å². The molecule has 1 aromatic rings. The van der Waals surface area contributed by atoms with Crippen molar-refractivity contribution in [3.05, 3.63) is 29.3 Å². The summed E-state index contributed by atoms with van der Waals surface area (Å²) in [6.45, 7) is 4.91. The fraction of sp³-hybridized carbons (Fsp3) is 0.462. The number of nitrogens with one attached hydrogen (secondary N) is 1. The lowest BCUT2D eigenvalue weighted by atomic mass is 10.1. The number of hydrogen-bond acceptors (Lipinski definition) is 3. The molecule has 0 spiro atoms. The van der Waals surface area contributed by atoms with Crippen molar-refractivity contribution < 1.29 is 22.7 Å². The molecule has 0 aliphatic heterocycles. The number of amides is 1. The minimum absolute atomic E-state index is 0.00507. The summed E-state index contributed by atoms with van der Waals surface area (Å²) in [5, 5.41) is 2.27. The molecule has 0 fully saturated rings. The maximum Gasteiger partial charge on any atom is 0.416 e. The summed E-state index contributed by atoms with van der Waals surface area (Å²) in [5.41, 5.74) is 4.01. The van der Waals surface area contributed by atoms with Gasteiger partial charge in [-0.05, 0) is 44.5 Å². The Labute approximate surface area is 115 Å². The highest BCUT2D eigenvalue weighted by Crippen LogP contribution is 2.32. The number of nitrogens with two attached hydrogens (primary N) is 1. The Balaban J connectivity index is 2.98. The lowest BCUT2D eigenvalue weighted by Crippen LogP contribution is -2.27. The second-order valence-corrected chi connectivity index (χ2v) is 5.25. The van der Waals surface area contributed by atoms with Crippen molar-refractivity contribution >= 4 is 11.8 Å². The molecule has 0 unspecified atom stereocenters. The fourth-order valence-electron chi connectivity index (χ4n) is 1.47. The first-order valence-electron chi connectivity index (χ1n) is 5.92. The van der Waals surface area contributed by atoms with Gasteiger partial charge in [0, 0.05) is 12.2 Å². The molecule has 20 heavy (non-hydrogen) atoms. The standard InChI is InChI=1S/C13H17F3N2O2/c1-12(2,3)20-11(19)18-10-5-8(7-17)4-9(6-10)13(14,15)16/h4-6H,7,17H2,1-3H3,(H,18,19). The Morgan fingerprint density at radius 2 is 1.85 bits per heavy atom. The molecule has 0 saturated carbocycles. The van der Waals surface area contributed by atoms with Gasteiger partial charge in [-0.15, -0.1) is 0 Å². The third-order valence-corrected chi connectivity index (χ3v) is 2.20. The first-order valence-corrected chi connectivity index (χ1v) is 5.92. The van der Waals surface area contributed by atoms with E-state index in [1.54, 1.807) is 20.8 Å². The fourth-order valence-corrected chi connectivity index (χ4v) is 1.47. The quantitative estimate of drug-likeness (QED) is 0.876. The number of hydrogen-bond donors (Lipinski definition) is 2. The van der Waals surface area contributed by atoms with E-state index in [0.29, 0.717) is 0 Å². The molecular weight excluding hydrogens is 273 g/mol. The van der Waals surface area contributed by atoms with Crippen LogP contribution in [0.25, 0.3) is 0 Å². The van der Waals surface area contributed by atoms with Crippen molar-refractivity contribution in [3.63, 3.8) is 0 Å². The van der Waals surface area contributed by atoms with E-state index in [4.69, 9.17) is 10.5 Å². The van der Waals surface area contributed by atoms with Gasteiger partial charge in [-0.1, -0.05) is 0 Å². The summed E-state index contributed by atoms with van der Waals surface area (Å²) >= 11 is 0. The largest absolute Gasteiger partial charge is 0.444 e. The lowest BCUT2D eigenvalue weighted by Gasteiger charge is -2.20. The highest BCUT2D eigenvalue weighted by molar-refractivity contribution is 5.85. The number of carbonyl (C=O) groups is 1. The van der Waals surface area contributed by atoms with Gasteiger partial charge in [-0.2, -0.15) is 13.2 Å². The molecule has 0 aliphatic carbocycles. The van der Waals surface area contributed by atoms with Crippen LogP contribution in [0.1, 0.15) is 31.9 Å². The Hall–Kier alpha value is -1.76. The Morgan fingerprint density at radius 3 is 2.30 bits per heavy atom. The van der Waals surface area contributed by atoms with Gasteiger partial charge in [0.05, 0.1) is 5.56 Å². The van der Waals surface area contributed by atoms with Crippen LogP contribution in [0, 0.1) is 0 Å². The van der Waals surface area contributed by atoms with E-state index in [0.717, 1.165) is 12.1 Å². The molecule has 0 bridgehead atoms. The molecule has 7 heteroatoms. The number of anilines is 1. The lowest BCUT2D eigenvalue weighted by molar-refractivity contribution is -0.137. The molecule has 1 aromatic carbocycles. The van der Waals surface area contributed by atoms with Gasteiger partial charge < -0.3 is 10.5 Å². The van der Waals surface area contributed by atoms with Gasteiger partial charge >= 0.3 is 12.3 Å². The molecule has 3 N–H and O–H groups in total. The highest BCUT2D eigenvalue weighted by Gasteiger charge is 2.31. The van der Waals surface area contributed by atoms with E-state index >= 15 is 0 Å². The normalized spacial score (nSPS) is 12.2. The zero-order chi connectivity index (χ0) is 15.6. The number of carbonyl (C=O) groups excluding carboxylic acids is 1. The van der Waals surface area contributed by atoms with Crippen LogP contribution in [-0.2, 0) is 17.5 Å². The minimum atomic E-state index is -4.50. The number of rotatable bonds is 2. The van der Waals surface area contributed by atoms with Gasteiger partial charge in [0.15, 0.2) is 0 Å². The molecular formula is C13H17F3N2O2. The van der Waals surface area contributed by atoms with Crippen LogP contribution in [0.3, 0.4) is 0 Å². The van der Waals surface area contributed by atoms with Crippen molar-refractivity contribution in [2.24, 2.45) is 5.73 Å². The van der Waals surface area contributed by atoms with E-state index in [1.807, 2.05) is 0 Å². The highest BCUT2D eigenvalue weighted by atomic mass is 19.4. The first-order chi connectivity index (χ1) is 9.01. The maximum absolute atomic E-state index is 12.7. The van der Waals surface area contributed by atoms with Crippen molar-refractivity contribution in [2.45, 2.75) is 39.1 Å². The predicted molar refractivity (Wildman–Crippen MR) is 69.2 cm³/mol.